The summed E-state index contributed by atoms with van der Waals surface area (Å²) in [4.78, 5) is 12.2. The zero-order valence-electron chi connectivity index (χ0n) is 16.6. The van der Waals surface area contributed by atoms with E-state index in [1.165, 1.54) is 28.7 Å². The summed E-state index contributed by atoms with van der Waals surface area (Å²) in [7, 11) is -4.04. The van der Waals surface area contributed by atoms with E-state index in [0.29, 0.717) is 25.2 Å². The molecule has 1 saturated heterocycles. The number of non-ortho nitro benzene ring substituents is 1. The van der Waals surface area contributed by atoms with Gasteiger partial charge in [0.25, 0.3) is 5.69 Å². The lowest BCUT2D eigenvalue weighted by Crippen LogP contribution is -2.49. The Bertz CT molecular complexity index is 1070. The van der Waals surface area contributed by atoms with Gasteiger partial charge in [0.1, 0.15) is 10.6 Å². The summed E-state index contributed by atoms with van der Waals surface area (Å²) in [5.41, 5.74) is 2.76. The molecule has 1 fully saturated rings. The van der Waals surface area contributed by atoms with Crippen molar-refractivity contribution in [3.63, 3.8) is 0 Å². The van der Waals surface area contributed by atoms with Crippen molar-refractivity contribution >= 4 is 27.6 Å². The number of aromatic hydroxyl groups is 1. The van der Waals surface area contributed by atoms with E-state index in [2.05, 4.69) is 10.5 Å². The van der Waals surface area contributed by atoms with E-state index in [0.717, 1.165) is 6.07 Å². The quantitative estimate of drug-likeness (QED) is 0.308. The van der Waals surface area contributed by atoms with Gasteiger partial charge in [-0.3, -0.25) is 20.4 Å². The summed E-state index contributed by atoms with van der Waals surface area (Å²) in [6.07, 6.45) is 1.32. The summed E-state index contributed by atoms with van der Waals surface area (Å²) in [6, 6.07) is 9.96. The van der Waals surface area contributed by atoms with Crippen LogP contribution in [0.25, 0.3) is 0 Å². The second kappa shape index (κ2) is 9.83. The molecular weight excluding hydrogens is 426 g/mol. The van der Waals surface area contributed by atoms with Gasteiger partial charge < -0.3 is 10.2 Å². The average Bonchev–Trinajstić information content (AvgIpc) is 2.75. The molecule has 3 rings (SSSR count). The monoisotopic (exact) mass is 449 g/mol. The van der Waals surface area contributed by atoms with Gasteiger partial charge in [0, 0.05) is 50.4 Å². The van der Waals surface area contributed by atoms with Gasteiger partial charge in [-0.25, -0.2) is 8.42 Å². The number of aliphatic hydroxyl groups is 1. The summed E-state index contributed by atoms with van der Waals surface area (Å²) in [5.74, 6) is 0.00495. The van der Waals surface area contributed by atoms with E-state index in [1.807, 2.05) is 4.90 Å². The van der Waals surface area contributed by atoms with E-state index in [4.69, 9.17) is 5.11 Å². The Hall–Kier alpha value is -3.06. The smallest absolute Gasteiger partial charge is 0.270 e. The largest absolute Gasteiger partial charge is 0.507 e. The molecule has 0 bridgehead atoms. The number of hydrazone groups is 1. The number of anilines is 1. The van der Waals surface area contributed by atoms with Gasteiger partial charge >= 0.3 is 0 Å². The number of piperazine rings is 1. The molecule has 166 valence electrons. The Morgan fingerprint density at radius 1 is 1.16 bits per heavy atom. The van der Waals surface area contributed by atoms with Crippen LogP contribution in [-0.4, -0.2) is 78.3 Å². The molecule has 0 spiro atoms. The number of aliphatic hydroxyl groups excluding tert-OH is 1. The van der Waals surface area contributed by atoms with Gasteiger partial charge in [-0.05, 0) is 18.2 Å². The SMILES string of the molecule is O=[N+]([O-])c1ccc(N/N=C\c2ccccc2O)c(S(=O)(=O)N2CCN(CCO)CC2)c1. The van der Waals surface area contributed by atoms with E-state index < -0.39 is 14.9 Å². The molecule has 0 aliphatic carbocycles. The first-order valence-corrected chi connectivity index (χ1v) is 11.0. The highest BCUT2D eigenvalue weighted by Crippen LogP contribution is 2.29. The van der Waals surface area contributed by atoms with Crippen molar-refractivity contribution in [2.75, 3.05) is 44.8 Å². The minimum atomic E-state index is -4.04. The number of para-hydroxylation sites is 1. The fourth-order valence-corrected chi connectivity index (χ4v) is 4.76. The molecule has 31 heavy (non-hydrogen) atoms. The van der Waals surface area contributed by atoms with Crippen LogP contribution in [0.2, 0.25) is 0 Å². The molecule has 1 aliphatic heterocycles. The molecule has 11 nitrogen and oxygen atoms in total. The van der Waals surface area contributed by atoms with Crippen molar-refractivity contribution < 1.29 is 23.6 Å². The van der Waals surface area contributed by atoms with Crippen LogP contribution in [0.15, 0.2) is 52.5 Å². The Morgan fingerprint density at radius 2 is 1.87 bits per heavy atom. The minimum Gasteiger partial charge on any atom is -0.507 e. The van der Waals surface area contributed by atoms with Crippen LogP contribution in [0, 0.1) is 10.1 Å². The number of nitrogens with zero attached hydrogens (tertiary/aromatic N) is 4. The molecule has 0 saturated carbocycles. The Balaban J connectivity index is 1.88. The first-order valence-electron chi connectivity index (χ1n) is 9.52. The maximum atomic E-state index is 13.2. The van der Waals surface area contributed by atoms with Crippen LogP contribution >= 0.6 is 0 Å². The number of benzene rings is 2. The number of rotatable bonds is 8. The van der Waals surface area contributed by atoms with Crippen molar-refractivity contribution in [3.05, 3.63) is 58.1 Å². The number of nitro benzene ring substituents is 1. The first-order chi connectivity index (χ1) is 14.8. The highest BCUT2D eigenvalue weighted by molar-refractivity contribution is 7.89. The van der Waals surface area contributed by atoms with Crippen molar-refractivity contribution in [1.82, 2.24) is 9.21 Å². The van der Waals surface area contributed by atoms with Crippen molar-refractivity contribution in [3.8, 4) is 5.75 Å². The molecular formula is C19H23N5O6S. The number of phenols is 1. The molecule has 3 N–H and O–H groups in total. The molecule has 2 aromatic carbocycles. The molecule has 0 amide bonds. The van der Waals surface area contributed by atoms with Gasteiger partial charge in [-0.1, -0.05) is 12.1 Å². The fraction of sp³-hybridized carbons (Fsp3) is 0.316. The molecule has 0 atom stereocenters. The number of β-amino-alcohol motifs (C(OH)–C–C–N with tert-alkyl or cyclic N) is 1. The highest BCUT2D eigenvalue weighted by Gasteiger charge is 2.31. The highest BCUT2D eigenvalue weighted by atomic mass is 32.2. The Labute approximate surface area is 179 Å². The number of nitrogens with one attached hydrogen (secondary N) is 1. The summed E-state index contributed by atoms with van der Waals surface area (Å²) in [5, 5.41) is 34.0. The number of phenolic OH excluding ortho intramolecular Hbond substituents is 1. The zero-order chi connectivity index (χ0) is 22.4. The number of sulfonamides is 1. The molecule has 12 heteroatoms. The third-order valence-corrected chi connectivity index (χ3v) is 6.81. The Kier molecular flexibility index (Phi) is 7.17. The lowest BCUT2D eigenvalue weighted by Gasteiger charge is -2.33. The second-order valence-electron chi connectivity index (χ2n) is 6.84. The first kappa shape index (κ1) is 22.6. The fourth-order valence-electron chi connectivity index (χ4n) is 3.17. The topological polar surface area (TPSA) is 149 Å². The van der Waals surface area contributed by atoms with E-state index in [1.54, 1.807) is 18.2 Å². The van der Waals surface area contributed by atoms with Crippen molar-refractivity contribution in [2.45, 2.75) is 4.90 Å². The number of hydrogen-bond acceptors (Lipinski definition) is 9. The summed E-state index contributed by atoms with van der Waals surface area (Å²) < 4.78 is 27.7. The average molecular weight is 449 g/mol. The van der Waals surface area contributed by atoms with Crippen LogP contribution in [0.5, 0.6) is 5.75 Å². The predicted octanol–water partition coefficient (Wildman–Crippen LogP) is 1.05. The van der Waals surface area contributed by atoms with Gasteiger partial charge in [0.15, 0.2) is 0 Å². The normalized spacial score (nSPS) is 15.9. The number of nitro groups is 1. The van der Waals surface area contributed by atoms with Crippen LogP contribution in [-0.2, 0) is 10.0 Å². The molecule has 1 heterocycles. The van der Waals surface area contributed by atoms with Gasteiger partial charge in [0.2, 0.25) is 10.0 Å². The molecule has 2 aromatic rings. The van der Waals surface area contributed by atoms with Crippen molar-refractivity contribution in [1.29, 1.82) is 0 Å². The molecule has 0 unspecified atom stereocenters. The molecule has 0 aromatic heterocycles. The van der Waals surface area contributed by atoms with E-state index >= 15 is 0 Å². The van der Waals surface area contributed by atoms with Gasteiger partial charge in [0.05, 0.1) is 23.4 Å². The zero-order valence-corrected chi connectivity index (χ0v) is 17.4. The second-order valence-corrected chi connectivity index (χ2v) is 8.74. The standard InChI is InChI=1S/C19H23N5O6S/c25-12-11-22-7-9-23(10-8-22)31(29,30)19-13-16(24(27)28)5-6-17(19)21-20-14-15-3-1-2-4-18(15)26/h1-6,13-14,21,25-26H,7-12H2/b20-14-. The molecule has 0 radical (unpaired) electrons. The molecule has 1 aliphatic rings. The van der Waals surface area contributed by atoms with Gasteiger partial charge in [-0.15, -0.1) is 0 Å². The van der Waals surface area contributed by atoms with Crippen LogP contribution in [0.3, 0.4) is 0 Å². The van der Waals surface area contributed by atoms with Crippen molar-refractivity contribution in [2.24, 2.45) is 5.10 Å². The van der Waals surface area contributed by atoms with E-state index in [-0.39, 0.29) is 41.7 Å². The van der Waals surface area contributed by atoms with Gasteiger partial charge in [-0.2, -0.15) is 9.41 Å². The lowest BCUT2D eigenvalue weighted by molar-refractivity contribution is -0.385. The third kappa shape index (κ3) is 5.35. The maximum Gasteiger partial charge on any atom is 0.270 e. The number of hydrogen-bond donors (Lipinski definition) is 3. The lowest BCUT2D eigenvalue weighted by atomic mass is 10.2. The van der Waals surface area contributed by atoms with E-state index in [9.17, 15) is 23.6 Å². The Morgan fingerprint density at radius 3 is 2.52 bits per heavy atom. The predicted molar refractivity (Wildman–Crippen MR) is 115 cm³/mol. The minimum absolute atomic E-state index is 0.00495. The van der Waals surface area contributed by atoms with Crippen LogP contribution < -0.4 is 5.43 Å². The van der Waals surface area contributed by atoms with Crippen LogP contribution in [0.1, 0.15) is 5.56 Å². The third-order valence-electron chi connectivity index (χ3n) is 4.87. The maximum absolute atomic E-state index is 13.2. The van der Waals surface area contributed by atoms with Crippen LogP contribution in [0.4, 0.5) is 11.4 Å². The summed E-state index contributed by atoms with van der Waals surface area (Å²) in [6.45, 7) is 1.74. The summed E-state index contributed by atoms with van der Waals surface area (Å²) >= 11 is 0.